The maximum atomic E-state index is 12.7. The largest absolute Gasteiger partial charge is 0.481 e. The molecule has 0 radical (unpaired) electrons. The predicted molar refractivity (Wildman–Crippen MR) is 91.0 cm³/mol. The minimum atomic E-state index is -0.893. The number of aliphatic carboxylic acids is 1. The number of nitro benzene ring substituents is 1. The molecular formula is C17H18N4O5. The van der Waals surface area contributed by atoms with Crippen LogP contribution < -0.4 is 0 Å². The summed E-state index contributed by atoms with van der Waals surface area (Å²) in [4.78, 5) is 35.7. The van der Waals surface area contributed by atoms with Gasteiger partial charge in [0.05, 0.1) is 28.3 Å². The molecule has 136 valence electrons. The lowest BCUT2D eigenvalue weighted by atomic mass is 9.90. The number of hydrogen-bond acceptors (Lipinski definition) is 5. The highest BCUT2D eigenvalue weighted by atomic mass is 16.6. The van der Waals surface area contributed by atoms with Crippen LogP contribution in [-0.4, -0.2) is 49.7 Å². The van der Waals surface area contributed by atoms with E-state index in [0.29, 0.717) is 24.2 Å². The van der Waals surface area contributed by atoms with Crippen LogP contribution in [0.2, 0.25) is 0 Å². The van der Waals surface area contributed by atoms with E-state index in [0.717, 1.165) is 0 Å². The fourth-order valence-electron chi connectivity index (χ4n) is 3.18. The van der Waals surface area contributed by atoms with E-state index in [2.05, 4.69) is 5.10 Å². The zero-order chi connectivity index (χ0) is 18.8. The normalized spacial score (nSPS) is 20.0. The Labute approximate surface area is 149 Å². The molecule has 3 rings (SSSR count). The van der Waals surface area contributed by atoms with Crippen molar-refractivity contribution in [1.29, 1.82) is 0 Å². The standard InChI is InChI=1S/C17H18N4O5/c1-11-6-12(17(23)24)9-19(8-11)16(22)13-7-18-20(10-13)14-2-4-15(5-3-14)21(25)26/h2-5,7,10-12H,6,8-9H2,1H3,(H,23,24). The minimum Gasteiger partial charge on any atom is -0.481 e. The van der Waals surface area contributed by atoms with Crippen molar-refractivity contribution in [3.63, 3.8) is 0 Å². The summed E-state index contributed by atoms with van der Waals surface area (Å²) in [6.07, 6.45) is 3.51. The Morgan fingerprint density at radius 2 is 1.96 bits per heavy atom. The molecule has 0 saturated carbocycles. The number of carbonyl (C=O) groups is 2. The van der Waals surface area contributed by atoms with E-state index in [-0.39, 0.29) is 24.1 Å². The Morgan fingerprint density at radius 3 is 2.58 bits per heavy atom. The van der Waals surface area contributed by atoms with Crippen molar-refractivity contribution in [2.75, 3.05) is 13.1 Å². The molecule has 1 N–H and O–H groups in total. The van der Waals surface area contributed by atoms with E-state index in [9.17, 15) is 24.8 Å². The van der Waals surface area contributed by atoms with Crippen molar-refractivity contribution in [2.45, 2.75) is 13.3 Å². The van der Waals surface area contributed by atoms with Gasteiger partial charge in [0.2, 0.25) is 0 Å². The summed E-state index contributed by atoms with van der Waals surface area (Å²) < 4.78 is 1.46. The Hall–Kier alpha value is -3.23. The number of carbonyl (C=O) groups excluding carboxylic acids is 1. The van der Waals surface area contributed by atoms with Crippen LogP contribution in [0, 0.1) is 22.0 Å². The van der Waals surface area contributed by atoms with Crippen LogP contribution in [-0.2, 0) is 4.79 Å². The van der Waals surface area contributed by atoms with E-state index in [4.69, 9.17) is 0 Å². The van der Waals surface area contributed by atoms with Gasteiger partial charge in [-0.05, 0) is 24.5 Å². The fourth-order valence-corrected chi connectivity index (χ4v) is 3.18. The number of aromatic nitrogens is 2. The van der Waals surface area contributed by atoms with Crippen molar-refractivity contribution in [3.05, 3.63) is 52.3 Å². The van der Waals surface area contributed by atoms with Crippen LogP contribution in [0.25, 0.3) is 5.69 Å². The van der Waals surface area contributed by atoms with Crippen LogP contribution in [0.15, 0.2) is 36.7 Å². The number of hydrogen-bond donors (Lipinski definition) is 1. The molecule has 0 bridgehead atoms. The smallest absolute Gasteiger partial charge is 0.308 e. The maximum absolute atomic E-state index is 12.7. The van der Waals surface area contributed by atoms with Gasteiger partial charge in [0, 0.05) is 31.4 Å². The number of rotatable bonds is 4. The Kier molecular flexibility index (Phi) is 4.70. The summed E-state index contributed by atoms with van der Waals surface area (Å²) in [6.45, 7) is 2.61. The topological polar surface area (TPSA) is 119 Å². The summed E-state index contributed by atoms with van der Waals surface area (Å²) in [5.41, 5.74) is 0.908. The molecule has 9 heteroatoms. The average Bonchev–Trinajstić information content (AvgIpc) is 3.10. The molecule has 1 aliphatic heterocycles. The van der Waals surface area contributed by atoms with Crippen molar-refractivity contribution in [2.24, 2.45) is 11.8 Å². The van der Waals surface area contributed by atoms with Crippen LogP contribution >= 0.6 is 0 Å². The predicted octanol–water partition coefficient (Wildman–Crippen LogP) is 1.96. The van der Waals surface area contributed by atoms with Crippen LogP contribution in [0.1, 0.15) is 23.7 Å². The number of likely N-dealkylation sites (tertiary alicyclic amines) is 1. The van der Waals surface area contributed by atoms with Gasteiger partial charge in [-0.3, -0.25) is 19.7 Å². The second-order valence-electron chi connectivity index (χ2n) is 6.53. The number of non-ortho nitro benzene ring substituents is 1. The summed E-state index contributed by atoms with van der Waals surface area (Å²) in [5, 5.41) is 24.1. The molecule has 2 atom stereocenters. The van der Waals surface area contributed by atoms with Gasteiger partial charge in [-0.1, -0.05) is 6.92 Å². The van der Waals surface area contributed by atoms with Gasteiger partial charge in [-0.15, -0.1) is 0 Å². The number of amides is 1. The highest BCUT2D eigenvalue weighted by Crippen LogP contribution is 2.23. The molecular weight excluding hydrogens is 340 g/mol. The van der Waals surface area contributed by atoms with E-state index < -0.39 is 16.8 Å². The molecule has 1 fully saturated rings. The lowest BCUT2D eigenvalue weighted by molar-refractivity contribution is -0.384. The SMILES string of the molecule is CC1CC(C(=O)O)CN(C(=O)c2cnn(-c3ccc([N+](=O)[O-])cc3)c2)C1. The number of nitro groups is 1. The third-order valence-corrected chi connectivity index (χ3v) is 4.45. The van der Waals surface area contributed by atoms with Crippen molar-refractivity contribution < 1.29 is 19.6 Å². The molecule has 1 amide bonds. The molecule has 26 heavy (non-hydrogen) atoms. The first-order valence-electron chi connectivity index (χ1n) is 8.16. The highest BCUT2D eigenvalue weighted by Gasteiger charge is 2.32. The first kappa shape index (κ1) is 17.6. The van der Waals surface area contributed by atoms with E-state index in [1.54, 1.807) is 23.2 Å². The van der Waals surface area contributed by atoms with E-state index in [1.165, 1.54) is 23.0 Å². The van der Waals surface area contributed by atoms with Gasteiger partial charge in [0.25, 0.3) is 11.6 Å². The molecule has 1 saturated heterocycles. The van der Waals surface area contributed by atoms with Crippen LogP contribution in [0.4, 0.5) is 5.69 Å². The molecule has 0 aliphatic carbocycles. The number of carboxylic acid groups (broad SMARTS) is 1. The summed E-state index contributed by atoms with van der Waals surface area (Å²) >= 11 is 0. The fraction of sp³-hybridized carbons (Fsp3) is 0.353. The van der Waals surface area contributed by atoms with Gasteiger partial charge < -0.3 is 10.0 Å². The van der Waals surface area contributed by atoms with Gasteiger partial charge in [0.15, 0.2) is 0 Å². The minimum absolute atomic E-state index is 0.0285. The number of benzene rings is 1. The second-order valence-corrected chi connectivity index (χ2v) is 6.53. The van der Waals surface area contributed by atoms with Gasteiger partial charge in [0.1, 0.15) is 0 Å². The quantitative estimate of drug-likeness (QED) is 0.659. The van der Waals surface area contributed by atoms with Crippen LogP contribution in [0.5, 0.6) is 0 Å². The highest BCUT2D eigenvalue weighted by molar-refractivity contribution is 5.94. The average molecular weight is 358 g/mol. The lowest BCUT2D eigenvalue weighted by Crippen LogP contribution is -2.45. The molecule has 1 aromatic carbocycles. The number of piperidine rings is 1. The molecule has 0 spiro atoms. The van der Waals surface area contributed by atoms with Gasteiger partial charge in [-0.2, -0.15) is 5.10 Å². The second kappa shape index (κ2) is 6.95. The van der Waals surface area contributed by atoms with Crippen molar-refractivity contribution >= 4 is 17.6 Å². The first-order valence-corrected chi connectivity index (χ1v) is 8.16. The summed E-state index contributed by atoms with van der Waals surface area (Å²) in [5.74, 6) is -1.61. The maximum Gasteiger partial charge on any atom is 0.308 e. The van der Waals surface area contributed by atoms with Gasteiger partial charge in [-0.25, -0.2) is 4.68 Å². The number of nitrogens with zero attached hydrogens (tertiary/aromatic N) is 4. The summed E-state index contributed by atoms with van der Waals surface area (Å²) in [7, 11) is 0. The zero-order valence-electron chi connectivity index (χ0n) is 14.1. The lowest BCUT2D eigenvalue weighted by Gasteiger charge is -2.34. The molecule has 2 aromatic rings. The van der Waals surface area contributed by atoms with Crippen molar-refractivity contribution in [3.8, 4) is 5.69 Å². The molecule has 2 heterocycles. The van der Waals surface area contributed by atoms with Crippen molar-refractivity contribution in [1.82, 2.24) is 14.7 Å². The molecule has 9 nitrogen and oxygen atoms in total. The van der Waals surface area contributed by atoms with E-state index >= 15 is 0 Å². The molecule has 1 aliphatic rings. The van der Waals surface area contributed by atoms with Gasteiger partial charge >= 0.3 is 5.97 Å². The monoisotopic (exact) mass is 358 g/mol. The third kappa shape index (κ3) is 3.56. The van der Waals surface area contributed by atoms with E-state index in [1.807, 2.05) is 6.92 Å². The van der Waals surface area contributed by atoms with Crippen LogP contribution in [0.3, 0.4) is 0 Å². The Balaban J connectivity index is 1.77. The Bertz CT molecular complexity index is 845. The summed E-state index contributed by atoms with van der Waals surface area (Å²) in [6, 6.07) is 5.82. The first-order chi connectivity index (χ1) is 12.3. The molecule has 2 unspecified atom stereocenters. The zero-order valence-corrected chi connectivity index (χ0v) is 14.1. The third-order valence-electron chi connectivity index (χ3n) is 4.45. The number of carboxylic acids is 1. The Morgan fingerprint density at radius 1 is 1.27 bits per heavy atom. The molecule has 1 aromatic heterocycles.